The van der Waals surface area contributed by atoms with E-state index in [-0.39, 0.29) is 33.8 Å². The van der Waals surface area contributed by atoms with Crippen LogP contribution in [0.4, 0.5) is 14.5 Å². The Kier molecular flexibility index (Phi) is 8.06. The smallest absolute Gasteiger partial charge is 0.341 e. The highest BCUT2D eigenvalue weighted by molar-refractivity contribution is 7.99. The number of amides is 1. The summed E-state index contributed by atoms with van der Waals surface area (Å²) in [4.78, 5) is 39.6. The number of alkyl halides is 2. The number of anilines is 1. The van der Waals surface area contributed by atoms with E-state index in [2.05, 4.69) is 10.3 Å². The highest BCUT2D eigenvalue weighted by Gasteiger charge is 2.19. The summed E-state index contributed by atoms with van der Waals surface area (Å²) in [6, 6.07) is 8.86. The molecule has 6 nitrogen and oxygen atoms in total. The summed E-state index contributed by atoms with van der Waals surface area (Å²) in [5.41, 5.74) is 0.709. The Morgan fingerprint density at radius 2 is 1.89 bits per heavy atom. The van der Waals surface area contributed by atoms with Crippen molar-refractivity contribution in [2.24, 2.45) is 0 Å². The van der Waals surface area contributed by atoms with Crippen LogP contribution in [0.2, 0.25) is 0 Å². The van der Waals surface area contributed by atoms with Gasteiger partial charge in [0.1, 0.15) is 5.03 Å². The topological polar surface area (TPSA) is 85.4 Å². The van der Waals surface area contributed by atoms with Gasteiger partial charge in [0.2, 0.25) is 5.91 Å². The zero-order chi connectivity index (χ0) is 20.5. The van der Waals surface area contributed by atoms with Crippen LogP contribution in [0.1, 0.15) is 40.5 Å². The molecule has 28 heavy (non-hydrogen) atoms. The van der Waals surface area contributed by atoms with Crippen LogP contribution in [0.25, 0.3) is 0 Å². The van der Waals surface area contributed by atoms with Crippen molar-refractivity contribution in [3.8, 4) is 0 Å². The summed E-state index contributed by atoms with van der Waals surface area (Å²) in [5, 5.41) is 2.53. The van der Waals surface area contributed by atoms with Crippen LogP contribution in [-0.2, 0) is 9.53 Å². The van der Waals surface area contributed by atoms with E-state index in [1.165, 1.54) is 30.5 Å². The molecule has 0 bridgehead atoms. The molecule has 0 unspecified atom stereocenters. The van der Waals surface area contributed by atoms with Crippen LogP contribution < -0.4 is 5.32 Å². The van der Waals surface area contributed by atoms with Gasteiger partial charge in [-0.15, -0.1) is 0 Å². The second kappa shape index (κ2) is 10.5. The normalized spacial score (nSPS) is 10.6. The maximum absolute atomic E-state index is 12.5. The SMILES string of the molecule is CCCC(=O)Nc1ccc(C(=O)COC(=O)c2cccnc2SC(F)F)cc1. The van der Waals surface area contributed by atoms with Crippen molar-refractivity contribution >= 4 is 35.1 Å². The van der Waals surface area contributed by atoms with E-state index in [0.717, 1.165) is 6.42 Å². The molecule has 0 aliphatic carbocycles. The molecule has 0 saturated heterocycles. The van der Waals surface area contributed by atoms with E-state index in [9.17, 15) is 23.2 Å². The Morgan fingerprint density at radius 1 is 1.18 bits per heavy atom. The number of thioether (sulfide) groups is 1. The Bertz CT molecular complexity index is 844. The molecule has 148 valence electrons. The summed E-state index contributed by atoms with van der Waals surface area (Å²) in [6.07, 6.45) is 2.41. The minimum atomic E-state index is -2.74. The lowest BCUT2D eigenvalue weighted by Gasteiger charge is -2.08. The zero-order valence-corrected chi connectivity index (χ0v) is 15.8. The summed E-state index contributed by atoms with van der Waals surface area (Å²) in [6.45, 7) is 1.34. The quantitative estimate of drug-likeness (QED) is 0.381. The number of nitrogens with one attached hydrogen (secondary N) is 1. The maximum Gasteiger partial charge on any atom is 0.341 e. The number of carbonyl (C=O) groups is 3. The number of ether oxygens (including phenoxy) is 1. The molecule has 1 heterocycles. The number of carbonyl (C=O) groups excluding carboxylic acids is 3. The lowest BCUT2D eigenvalue weighted by molar-refractivity contribution is -0.116. The average molecular weight is 408 g/mol. The van der Waals surface area contributed by atoms with E-state index in [1.54, 1.807) is 12.1 Å². The standard InChI is InChI=1S/C19H18F2N2O4S/c1-2-4-16(25)23-13-8-6-12(7-9-13)15(24)11-27-18(26)14-5-3-10-22-17(14)28-19(20)21/h3,5-10,19H,2,4,11H2,1H3,(H,23,25). The Balaban J connectivity index is 1.95. The molecule has 0 spiro atoms. The molecule has 9 heteroatoms. The number of esters is 1. The second-order valence-electron chi connectivity index (χ2n) is 5.61. The molecule has 0 atom stereocenters. The molecule has 0 aliphatic rings. The van der Waals surface area contributed by atoms with Gasteiger partial charge in [-0.05, 0) is 54.6 Å². The number of halogens is 2. The van der Waals surface area contributed by atoms with Gasteiger partial charge in [-0.2, -0.15) is 8.78 Å². The lowest BCUT2D eigenvalue weighted by atomic mass is 10.1. The largest absolute Gasteiger partial charge is 0.454 e. The van der Waals surface area contributed by atoms with Crippen LogP contribution in [0.5, 0.6) is 0 Å². The molecule has 2 rings (SSSR count). The van der Waals surface area contributed by atoms with Gasteiger partial charge in [-0.3, -0.25) is 9.59 Å². The van der Waals surface area contributed by atoms with Crippen LogP contribution in [0.3, 0.4) is 0 Å². The van der Waals surface area contributed by atoms with Gasteiger partial charge in [0, 0.05) is 23.9 Å². The van der Waals surface area contributed by atoms with Crippen molar-refractivity contribution in [1.29, 1.82) is 0 Å². The predicted octanol–water partition coefficient (Wildman–Crippen LogP) is 4.17. The van der Waals surface area contributed by atoms with E-state index >= 15 is 0 Å². The first-order valence-electron chi connectivity index (χ1n) is 8.40. The summed E-state index contributed by atoms with van der Waals surface area (Å²) in [5.74, 6) is -4.23. The second-order valence-corrected chi connectivity index (χ2v) is 6.59. The van der Waals surface area contributed by atoms with Gasteiger partial charge < -0.3 is 10.1 Å². The lowest BCUT2D eigenvalue weighted by Crippen LogP contribution is -2.15. The Hall–Kier alpha value is -2.81. The molecule has 0 aliphatic heterocycles. The molecular formula is C19H18F2N2O4S. The van der Waals surface area contributed by atoms with Gasteiger partial charge in [0.25, 0.3) is 5.76 Å². The number of benzene rings is 1. The van der Waals surface area contributed by atoms with Crippen molar-refractivity contribution in [2.75, 3.05) is 11.9 Å². The molecule has 0 radical (unpaired) electrons. The highest BCUT2D eigenvalue weighted by atomic mass is 32.2. The monoisotopic (exact) mass is 408 g/mol. The predicted molar refractivity (Wildman–Crippen MR) is 101 cm³/mol. The van der Waals surface area contributed by atoms with E-state index in [4.69, 9.17) is 4.74 Å². The van der Waals surface area contributed by atoms with Crippen LogP contribution >= 0.6 is 11.8 Å². The fourth-order valence-electron chi connectivity index (χ4n) is 2.21. The molecule has 0 saturated carbocycles. The molecule has 1 aromatic heterocycles. The molecule has 1 aromatic carbocycles. The molecular weight excluding hydrogens is 390 g/mol. The highest BCUT2D eigenvalue weighted by Crippen LogP contribution is 2.26. The number of rotatable bonds is 9. The summed E-state index contributed by atoms with van der Waals surface area (Å²) >= 11 is 0.129. The maximum atomic E-state index is 12.5. The van der Waals surface area contributed by atoms with Gasteiger partial charge in [-0.1, -0.05) is 6.92 Å². The average Bonchev–Trinajstić information content (AvgIpc) is 2.66. The first kappa shape index (κ1) is 21.5. The fraction of sp³-hybridized carbons (Fsp3) is 0.263. The van der Waals surface area contributed by atoms with Crippen molar-refractivity contribution in [1.82, 2.24) is 4.98 Å². The number of aromatic nitrogens is 1. The first-order chi connectivity index (χ1) is 13.4. The Labute approximate surface area is 164 Å². The number of Topliss-reactive ketones (excluding diaryl/α,β-unsaturated/α-hetero) is 1. The molecule has 2 aromatic rings. The minimum Gasteiger partial charge on any atom is -0.454 e. The minimum absolute atomic E-state index is 0.121. The van der Waals surface area contributed by atoms with Gasteiger partial charge in [-0.25, -0.2) is 9.78 Å². The fourth-order valence-corrected chi connectivity index (χ4v) is 2.78. The summed E-state index contributed by atoms with van der Waals surface area (Å²) in [7, 11) is 0. The first-order valence-corrected chi connectivity index (χ1v) is 9.28. The molecule has 1 amide bonds. The van der Waals surface area contributed by atoms with Gasteiger partial charge in [0.15, 0.2) is 12.4 Å². The third kappa shape index (κ3) is 6.41. The summed E-state index contributed by atoms with van der Waals surface area (Å²) < 4.78 is 30.0. The third-order valence-electron chi connectivity index (χ3n) is 3.49. The van der Waals surface area contributed by atoms with Crippen LogP contribution in [0, 0.1) is 0 Å². The van der Waals surface area contributed by atoms with Gasteiger partial charge >= 0.3 is 5.97 Å². The Morgan fingerprint density at radius 3 is 2.54 bits per heavy atom. The van der Waals surface area contributed by atoms with Crippen molar-refractivity contribution < 1.29 is 27.9 Å². The number of hydrogen-bond acceptors (Lipinski definition) is 6. The van der Waals surface area contributed by atoms with E-state index in [1.807, 2.05) is 6.92 Å². The van der Waals surface area contributed by atoms with Crippen LogP contribution in [-0.4, -0.2) is 35.0 Å². The van der Waals surface area contributed by atoms with Crippen molar-refractivity contribution in [3.05, 3.63) is 53.7 Å². The zero-order valence-electron chi connectivity index (χ0n) is 15.0. The van der Waals surface area contributed by atoms with Gasteiger partial charge in [0.05, 0.1) is 5.56 Å². The number of ketones is 1. The number of hydrogen-bond donors (Lipinski definition) is 1. The van der Waals surface area contributed by atoms with Crippen molar-refractivity contribution in [3.63, 3.8) is 0 Å². The number of pyridine rings is 1. The van der Waals surface area contributed by atoms with Crippen molar-refractivity contribution in [2.45, 2.75) is 30.5 Å². The van der Waals surface area contributed by atoms with E-state index in [0.29, 0.717) is 12.1 Å². The molecule has 0 fully saturated rings. The third-order valence-corrected chi connectivity index (χ3v) is 4.22. The van der Waals surface area contributed by atoms with E-state index < -0.39 is 24.1 Å². The molecule has 1 N–H and O–H groups in total. The van der Waals surface area contributed by atoms with Crippen LogP contribution in [0.15, 0.2) is 47.6 Å². The number of nitrogens with zero attached hydrogens (tertiary/aromatic N) is 1.